The molecule has 28 heavy (non-hydrogen) atoms. The number of carbonyl (C=O) groups is 1. The van der Waals surface area contributed by atoms with Gasteiger partial charge in [0.05, 0.1) is 31.7 Å². The highest BCUT2D eigenvalue weighted by Gasteiger charge is 2.25. The largest absolute Gasteiger partial charge is 0.360 e. The van der Waals surface area contributed by atoms with E-state index in [2.05, 4.69) is 47.5 Å². The van der Waals surface area contributed by atoms with Crippen molar-refractivity contribution in [3.63, 3.8) is 0 Å². The molecule has 1 amide bonds. The minimum absolute atomic E-state index is 0.0226. The number of rotatable bonds is 4. The molecule has 6 heteroatoms. The molecule has 0 unspecified atom stereocenters. The third kappa shape index (κ3) is 3.91. The Hall–Kier alpha value is -2.36. The van der Waals surface area contributed by atoms with Crippen molar-refractivity contribution < 1.29 is 9.69 Å². The summed E-state index contributed by atoms with van der Waals surface area (Å²) < 4.78 is 0. The second-order valence-corrected chi connectivity index (χ2v) is 8.88. The van der Waals surface area contributed by atoms with Crippen LogP contribution in [0.3, 0.4) is 0 Å². The lowest BCUT2D eigenvalue weighted by Crippen LogP contribution is -3.15. The van der Waals surface area contributed by atoms with Crippen LogP contribution in [0.25, 0.3) is 0 Å². The van der Waals surface area contributed by atoms with Crippen molar-refractivity contribution in [3.05, 3.63) is 45.8 Å². The van der Waals surface area contributed by atoms with Gasteiger partial charge < -0.3 is 15.1 Å². The lowest BCUT2D eigenvalue weighted by atomic mass is 9.96. The number of benzene rings is 1. The van der Waals surface area contributed by atoms with Gasteiger partial charge in [-0.25, -0.2) is 0 Å². The minimum atomic E-state index is 0.0226. The zero-order chi connectivity index (χ0) is 19.5. The van der Waals surface area contributed by atoms with Crippen LogP contribution in [0.1, 0.15) is 34.4 Å². The van der Waals surface area contributed by atoms with Crippen molar-refractivity contribution in [1.82, 2.24) is 0 Å². The van der Waals surface area contributed by atoms with E-state index >= 15 is 0 Å². The van der Waals surface area contributed by atoms with E-state index in [4.69, 9.17) is 0 Å². The normalized spacial score (nSPS) is 17.1. The van der Waals surface area contributed by atoms with Gasteiger partial charge in [-0.05, 0) is 49.8 Å². The number of quaternary nitrogens is 1. The molecule has 4 rings (SSSR count). The van der Waals surface area contributed by atoms with Crippen LogP contribution in [-0.2, 0) is 17.6 Å². The average Bonchev–Trinajstić information content (AvgIpc) is 3.06. The highest BCUT2D eigenvalue weighted by molar-refractivity contribution is 7.16. The van der Waals surface area contributed by atoms with Crippen molar-refractivity contribution in [2.45, 2.75) is 32.6 Å². The Kier molecular flexibility index (Phi) is 5.65. The number of fused-ring (bicyclic) bond motifs is 1. The SMILES string of the molecule is Cc1ccccc1N1CC[NH+](CC(=O)Nc2sc3c(c2C#N)CCCC3)CC1. The van der Waals surface area contributed by atoms with Crippen molar-refractivity contribution in [2.24, 2.45) is 0 Å². The number of para-hydroxylation sites is 1. The van der Waals surface area contributed by atoms with E-state index in [1.807, 2.05) is 0 Å². The first-order valence-electron chi connectivity index (χ1n) is 10.1. The fourth-order valence-electron chi connectivity index (χ4n) is 4.33. The Morgan fingerprint density at radius 1 is 1.25 bits per heavy atom. The van der Waals surface area contributed by atoms with Crippen molar-refractivity contribution in [1.29, 1.82) is 5.26 Å². The summed E-state index contributed by atoms with van der Waals surface area (Å²) >= 11 is 1.60. The van der Waals surface area contributed by atoms with E-state index in [-0.39, 0.29) is 5.91 Å². The molecule has 2 aliphatic rings. The van der Waals surface area contributed by atoms with Gasteiger partial charge in [-0.1, -0.05) is 18.2 Å². The van der Waals surface area contributed by atoms with E-state index in [0.29, 0.717) is 12.1 Å². The van der Waals surface area contributed by atoms with E-state index in [1.165, 1.54) is 33.0 Å². The number of aryl methyl sites for hydroxylation is 2. The predicted octanol–water partition coefficient (Wildman–Crippen LogP) is 2.15. The molecule has 0 radical (unpaired) electrons. The topological polar surface area (TPSA) is 60.6 Å². The number of anilines is 2. The summed E-state index contributed by atoms with van der Waals surface area (Å²) in [6.45, 7) is 6.44. The van der Waals surface area contributed by atoms with Gasteiger partial charge in [0, 0.05) is 10.6 Å². The maximum Gasteiger partial charge on any atom is 0.280 e. The number of nitriles is 1. The van der Waals surface area contributed by atoms with Gasteiger partial charge >= 0.3 is 0 Å². The number of carbonyl (C=O) groups excluding carboxylic acids is 1. The van der Waals surface area contributed by atoms with Gasteiger partial charge in [0.1, 0.15) is 11.1 Å². The average molecular weight is 396 g/mol. The first-order chi connectivity index (χ1) is 13.7. The maximum absolute atomic E-state index is 12.6. The number of piperazine rings is 1. The molecule has 146 valence electrons. The zero-order valence-electron chi connectivity index (χ0n) is 16.4. The van der Waals surface area contributed by atoms with Crippen LogP contribution in [0, 0.1) is 18.3 Å². The molecule has 1 aromatic heterocycles. The van der Waals surface area contributed by atoms with Gasteiger partial charge in [0.15, 0.2) is 6.54 Å². The molecular weight excluding hydrogens is 368 g/mol. The summed E-state index contributed by atoms with van der Waals surface area (Å²) in [5.74, 6) is 0.0226. The number of thiophene rings is 1. The number of nitrogens with zero attached hydrogens (tertiary/aromatic N) is 2. The molecule has 0 saturated carbocycles. The number of nitrogens with one attached hydrogen (secondary N) is 2. The Labute approximate surface area is 170 Å². The second-order valence-electron chi connectivity index (χ2n) is 7.78. The summed E-state index contributed by atoms with van der Waals surface area (Å²) in [6.07, 6.45) is 4.33. The molecule has 1 aliphatic carbocycles. The standard InChI is InChI=1S/C22H26N4OS/c1-16-6-2-4-8-19(16)26-12-10-25(11-13-26)15-21(27)24-22-18(14-23)17-7-3-5-9-20(17)28-22/h2,4,6,8H,3,5,7,9-13,15H2,1H3,(H,24,27)/p+1. The maximum atomic E-state index is 12.6. The Morgan fingerprint density at radius 2 is 2.00 bits per heavy atom. The minimum Gasteiger partial charge on any atom is -0.360 e. The lowest BCUT2D eigenvalue weighted by molar-refractivity contribution is -0.892. The first kappa shape index (κ1) is 19.0. The van der Waals surface area contributed by atoms with Gasteiger partial charge in [-0.15, -0.1) is 11.3 Å². The van der Waals surface area contributed by atoms with E-state index in [0.717, 1.165) is 50.4 Å². The predicted molar refractivity (Wildman–Crippen MR) is 113 cm³/mol. The van der Waals surface area contributed by atoms with Gasteiger partial charge in [0.2, 0.25) is 0 Å². The van der Waals surface area contributed by atoms with Crippen molar-refractivity contribution >= 4 is 27.9 Å². The summed E-state index contributed by atoms with van der Waals surface area (Å²) in [4.78, 5) is 17.6. The number of hydrogen-bond donors (Lipinski definition) is 2. The molecule has 1 aliphatic heterocycles. The van der Waals surface area contributed by atoms with E-state index in [9.17, 15) is 10.1 Å². The molecular formula is C22H27N4OS+. The quantitative estimate of drug-likeness (QED) is 0.834. The highest BCUT2D eigenvalue weighted by Crippen LogP contribution is 2.37. The zero-order valence-corrected chi connectivity index (χ0v) is 17.2. The molecule has 1 saturated heterocycles. The Bertz CT molecular complexity index is 906. The fourth-order valence-corrected chi connectivity index (χ4v) is 5.58. The van der Waals surface area contributed by atoms with Crippen LogP contribution >= 0.6 is 11.3 Å². The third-order valence-electron chi connectivity index (χ3n) is 5.87. The van der Waals surface area contributed by atoms with Crippen LogP contribution in [-0.4, -0.2) is 38.6 Å². The number of hydrogen-bond acceptors (Lipinski definition) is 4. The number of amides is 1. The summed E-state index contributed by atoms with van der Waals surface area (Å²) in [5.41, 5.74) is 4.48. The third-order valence-corrected chi connectivity index (χ3v) is 7.08. The van der Waals surface area contributed by atoms with E-state index < -0.39 is 0 Å². The molecule has 2 aromatic rings. The highest BCUT2D eigenvalue weighted by atomic mass is 32.1. The molecule has 0 bridgehead atoms. The molecule has 0 atom stereocenters. The van der Waals surface area contributed by atoms with Crippen LogP contribution in [0.5, 0.6) is 0 Å². The van der Waals surface area contributed by atoms with Crippen LogP contribution in [0.15, 0.2) is 24.3 Å². The summed E-state index contributed by atoms with van der Waals surface area (Å²) in [5, 5.41) is 13.4. The molecule has 1 fully saturated rings. The van der Waals surface area contributed by atoms with Crippen LogP contribution in [0.2, 0.25) is 0 Å². The van der Waals surface area contributed by atoms with Gasteiger partial charge in [-0.3, -0.25) is 4.79 Å². The molecule has 2 N–H and O–H groups in total. The fraction of sp³-hybridized carbons (Fsp3) is 0.455. The second kappa shape index (κ2) is 8.34. The van der Waals surface area contributed by atoms with Crippen molar-refractivity contribution in [2.75, 3.05) is 42.9 Å². The molecule has 1 aromatic carbocycles. The molecule has 5 nitrogen and oxygen atoms in total. The monoisotopic (exact) mass is 395 g/mol. The van der Waals surface area contributed by atoms with Crippen LogP contribution < -0.4 is 15.1 Å². The first-order valence-corrected chi connectivity index (χ1v) is 11.0. The Morgan fingerprint density at radius 3 is 2.75 bits per heavy atom. The summed E-state index contributed by atoms with van der Waals surface area (Å²) in [7, 11) is 0. The van der Waals surface area contributed by atoms with Crippen LogP contribution in [0.4, 0.5) is 10.7 Å². The van der Waals surface area contributed by atoms with Gasteiger partial charge in [0.25, 0.3) is 5.91 Å². The lowest BCUT2D eigenvalue weighted by Gasteiger charge is -2.34. The van der Waals surface area contributed by atoms with Gasteiger partial charge in [-0.2, -0.15) is 5.26 Å². The van der Waals surface area contributed by atoms with Crippen molar-refractivity contribution in [3.8, 4) is 6.07 Å². The molecule has 2 heterocycles. The van der Waals surface area contributed by atoms with E-state index in [1.54, 1.807) is 11.3 Å². The summed E-state index contributed by atoms with van der Waals surface area (Å²) in [6, 6.07) is 10.8. The smallest absolute Gasteiger partial charge is 0.280 e. The Balaban J connectivity index is 1.34. The molecule has 0 spiro atoms.